The number of hydrogen-bond donors (Lipinski definition) is 1. The summed E-state index contributed by atoms with van der Waals surface area (Å²) in [6.07, 6.45) is -0.766. The molecule has 0 heterocycles. The van der Waals surface area contributed by atoms with Crippen LogP contribution in [0, 0.1) is 0 Å². The fourth-order valence-corrected chi connectivity index (χ4v) is 1.43. The number of halogens is 1. The van der Waals surface area contributed by atoms with Gasteiger partial charge in [0.1, 0.15) is 5.60 Å². The van der Waals surface area contributed by atoms with Crippen LogP contribution in [0.15, 0.2) is 28.7 Å². The molecule has 1 rings (SSSR count). The lowest BCUT2D eigenvalue weighted by molar-refractivity contribution is 0.0432. The molecule has 76 valence electrons. The molecule has 0 saturated heterocycles. The lowest BCUT2D eigenvalue weighted by atomic mass is 9.98. The highest BCUT2D eigenvalue weighted by Crippen LogP contribution is 2.25. The van der Waals surface area contributed by atoms with Crippen molar-refractivity contribution in [3.8, 4) is 0 Å². The molecular weight excluding hydrogens is 246 g/mol. The summed E-state index contributed by atoms with van der Waals surface area (Å²) in [5.74, 6) is 0. The average molecular weight is 258 g/mol. The van der Waals surface area contributed by atoms with E-state index in [0.29, 0.717) is 0 Å². The molecule has 1 aromatic rings. The Balaban J connectivity index is 2.91. The summed E-state index contributed by atoms with van der Waals surface area (Å²) in [6.45, 7) is 3.59. The number of benzene rings is 1. The van der Waals surface area contributed by atoms with Gasteiger partial charge in [0.05, 0.1) is 0 Å². The maximum Gasteiger partial charge on any atom is 0.405 e. The molecule has 2 N–H and O–H groups in total. The Morgan fingerprint density at radius 3 is 2.29 bits per heavy atom. The predicted octanol–water partition coefficient (Wildman–Crippen LogP) is 2.78. The molecule has 0 unspecified atom stereocenters. The molecule has 0 fully saturated rings. The van der Waals surface area contributed by atoms with Crippen LogP contribution in [0.5, 0.6) is 0 Å². The van der Waals surface area contributed by atoms with Crippen molar-refractivity contribution >= 4 is 22.0 Å². The zero-order chi connectivity index (χ0) is 10.8. The third-order valence-corrected chi connectivity index (χ3v) is 2.42. The number of nitrogens with two attached hydrogens (primary N) is 1. The molecule has 0 aliphatic carbocycles. The van der Waals surface area contributed by atoms with Gasteiger partial charge in [0.15, 0.2) is 0 Å². The average Bonchev–Trinajstić information content (AvgIpc) is 2.02. The summed E-state index contributed by atoms with van der Waals surface area (Å²) in [7, 11) is 0. The standard InChI is InChI=1S/C10H12BrNO2/c1-10(2,14-9(12)13)7-3-5-8(11)6-4-7/h3-6H,1-2H3,(H2,12,13). The van der Waals surface area contributed by atoms with E-state index < -0.39 is 11.7 Å². The van der Waals surface area contributed by atoms with Gasteiger partial charge in [-0.2, -0.15) is 0 Å². The van der Waals surface area contributed by atoms with Crippen LogP contribution in [0.3, 0.4) is 0 Å². The first kappa shape index (κ1) is 11.0. The molecule has 0 aliphatic rings. The topological polar surface area (TPSA) is 52.3 Å². The van der Waals surface area contributed by atoms with E-state index in [9.17, 15) is 4.79 Å². The van der Waals surface area contributed by atoms with Gasteiger partial charge in [0, 0.05) is 4.47 Å². The summed E-state index contributed by atoms with van der Waals surface area (Å²) in [5.41, 5.74) is 5.19. The monoisotopic (exact) mass is 257 g/mol. The quantitative estimate of drug-likeness (QED) is 0.886. The molecule has 0 atom stereocenters. The highest BCUT2D eigenvalue weighted by Gasteiger charge is 2.23. The first-order valence-electron chi connectivity index (χ1n) is 4.16. The Hall–Kier alpha value is -1.03. The van der Waals surface area contributed by atoms with Crippen LogP contribution in [0.4, 0.5) is 4.79 Å². The predicted molar refractivity (Wildman–Crippen MR) is 57.8 cm³/mol. The van der Waals surface area contributed by atoms with Crippen molar-refractivity contribution in [1.82, 2.24) is 0 Å². The van der Waals surface area contributed by atoms with E-state index in [2.05, 4.69) is 15.9 Å². The number of hydrogen-bond acceptors (Lipinski definition) is 2. The second-order valence-corrected chi connectivity index (χ2v) is 4.35. The van der Waals surface area contributed by atoms with Crippen molar-refractivity contribution in [2.24, 2.45) is 5.73 Å². The molecule has 0 spiro atoms. The Morgan fingerprint density at radius 1 is 1.36 bits per heavy atom. The van der Waals surface area contributed by atoms with Crippen LogP contribution >= 0.6 is 15.9 Å². The Morgan fingerprint density at radius 2 is 1.86 bits per heavy atom. The molecule has 0 radical (unpaired) electrons. The molecule has 0 bridgehead atoms. The van der Waals surface area contributed by atoms with Crippen molar-refractivity contribution in [2.45, 2.75) is 19.4 Å². The van der Waals surface area contributed by atoms with E-state index >= 15 is 0 Å². The third kappa shape index (κ3) is 2.73. The molecule has 3 nitrogen and oxygen atoms in total. The van der Waals surface area contributed by atoms with Gasteiger partial charge in [0.2, 0.25) is 0 Å². The van der Waals surface area contributed by atoms with Gasteiger partial charge in [-0.3, -0.25) is 0 Å². The smallest absolute Gasteiger partial charge is 0.405 e. The highest BCUT2D eigenvalue weighted by molar-refractivity contribution is 9.10. The van der Waals surface area contributed by atoms with Crippen LogP contribution in [0.25, 0.3) is 0 Å². The molecule has 14 heavy (non-hydrogen) atoms. The van der Waals surface area contributed by atoms with Gasteiger partial charge >= 0.3 is 6.09 Å². The number of carbonyl (C=O) groups excluding carboxylic acids is 1. The highest BCUT2D eigenvalue weighted by atomic mass is 79.9. The minimum atomic E-state index is -0.766. The second kappa shape index (κ2) is 4.00. The maximum atomic E-state index is 10.6. The SMILES string of the molecule is CC(C)(OC(N)=O)c1ccc(Br)cc1. The van der Waals surface area contributed by atoms with E-state index in [0.717, 1.165) is 10.0 Å². The Labute approximate surface area is 91.4 Å². The van der Waals surface area contributed by atoms with Gasteiger partial charge in [-0.25, -0.2) is 4.79 Å². The Kier molecular flexibility index (Phi) is 3.16. The first-order valence-corrected chi connectivity index (χ1v) is 4.95. The lowest BCUT2D eigenvalue weighted by Gasteiger charge is -2.24. The van der Waals surface area contributed by atoms with Crippen LogP contribution < -0.4 is 5.73 Å². The summed E-state index contributed by atoms with van der Waals surface area (Å²) < 4.78 is 5.97. The van der Waals surface area contributed by atoms with Crippen LogP contribution in [-0.4, -0.2) is 6.09 Å². The number of rotatable bonds is 2. The van der Waals surface area contributed by atoms with Crippen LogP contribution in [0.1, 0.15) is 19.4 Å². The number of amides is 1. The summed E-state index contributed by atoms with van der Waals surface area (Å²) >= 11 is 3.33. The number of ether oxygens (including phenoxy) is 1. The third-order valence-electron chi connectivity index (χ3n) is 1.90. The van der Waals surface area contributed by atoms with E-state index in [1.807, 2.05) is 24.3 Å². The molecule has 1 aromatic carbocycles. The van der Waals surface area contributed by atoms with Crippen molar-refractivity contribution in [1.29, 1.82) is 0 Å². The van der Waals surface area contributed by atoms with Crippen molar-refractivity contribution < 1.29 is 9.53 Å². The molecule has 4 heteroatoms. The van der Waals surface area contributed by atoms with Crippen LogP contribution in [0.2, 0.25) is 0 Å². The van der Waals surface area contributed by atoms with Crippen molar-refractivity contribution in [2.75, 3.05) is 0 Å². The number of carbonyl (C=O) groups is 1. The zero-order valence-corrected chi connectivity index (χ0v) is 9.67. The molecule has 0 aliphatic heterocycles. The van der Waals surface area contributed by atoms with Crippen molar-refractivity contribution in [3.05, 3.63) is 34.3 Å². The van der Waals surface area contributed by atoms with E-state index in [1.165, 1.54) is 0 Å². The summed E-state index contributed by atoms with van der Waals surface area (Å²) in [4.78, 5) is 10.6. The van der Waals surface area contributed by atoms with E-state index in [1.54, 1.807) is 13.8 Å². The van der Waals surface area contributed by atoms with E-state index in [4.69, 9.17) is 10.5 Å². The molecule has 1 amide bonds. The van der Waals surface area contributed by atoms with Gasteiger partial charge < -0.3 is 10.5 Å². The van der Waals surface area contributed by atoms with E-state index in [-0.39, 0.29) is 0 Å². The number of primary amides is 1. The van der Waals surface area contributed by atoms with Gasteiger partial charge in [-0.15, -0.1) is 0 Å². The van der Waals surface area contributed by atoms with Crippen molar-refractivity contribution in [3.63, 3.8) is 0 Å². The normalized spacial score (nSPS) is 11.1. The van der Waals surface area contributed by atoms with Gasteiger partial charge in [-0.1, -0.05) is 28.1 Å². The lowest BCUT2D eigenvalue weighted by Crippen LogP contribution is -2.28. The minimum Gasteiger partial charge on any atom is -0.439 e. The van der Waals surface area contributed by atoms with Gasteiger partial charge in [-0.05, 0) is 31.5 Å². The van der Waals surface area contributed by atoms with Gasteiger partial charge in [0.25, 0.3) is 0 Å². The molecular formula is C10H12BrNO2. The summed E-state index contributed by atoms with van der Waals surface area (Å²) in [6, 6.07) is 7.54. The minimum absolute atomic E-state index is 0.688. The zero-order valence-electron chi connectivity index (χ0n) is 8.08. The second-order valence-electron chi connectivity index (χ2n) is 3.44. The fraction of sp³-hybridized carbons (Fsp3) is 0.300. The maximum absolute atomic E-state index is 10.6. The molecule has 0 saturated carbocycles. The molecule has 0 aromatic heterocycles. The Bertz CT molecular complexity index is 332. The first-order chi connectivity index (χ1) is 6.42. The fourth-order valence-electron chi connectivity index (χ4n) is 1.16. The van der Waals surface area contributed by atoms with Crippen LogP contribution in [-0.2, 0) is 10.3 Å². The summed E-state index contributed by atoms with van der Waals surface area (Å²) in [5, 5.41) is 0. The largest absolute Gasteiger partial charge is 0.439 e.